The smallest absolute Gasteiger partial charge is 0.335 e. The third-order valence-electron chi connectivity index (χ3n) is 3.80. The van der Waals surface area contributed by atoms with Crippen LogP contribution in [-0.4, -0.2) is 22.5 Å². The molecule has 0 spiro atoms. The van der Waals surface area contributed by atoms with Crippen LogP contribution in [0.25, 0.3) is 0 Å². The average Bonchev–Trinajstić information content (AvgIpc) is 3.14. The third-order valence-corrected chi connectivity index (χ3v) is 5.84. The number of nitrogens with one attached hydrogen (secondary N) is 2. The van der Waals surface area contributed by atoms with Crippen LogP contribution in [-0.2, 0) is 10.5 Å². The van der Waals surface area contributed by atoms with Gasteiger partial charge in [0, 0.05) is 10.6 Å². The molecule has 128 valence electrons. The van der Waals surface area contributed by atoms with Crippen LogP contribution < -0.4 is 10.6 Å². The molecule has 6 nitrogen and oxygen atoms in total. The van der Waals surface area contributed by atoms with E-state index in [9.17, 15) is 14.9 Å². The Kier molecular flexibility index (Phi) is 5.38. The molecule has 0 saturated carbocycles. The van der Waals surface area contributed by atoms with Crippen LogP contribution in [0, 0.1) is 17.2 Å². The Hall–Kier alpha value is -2.34. The Morgan fingerprint density at radius 3 is 2.88 bits per heavy atom. The quantitative estimate of drug-likeness (QED) is 0.744. The fourth-order valence-electron chi connectivity index (χ4n) is 2.58. The molecule has 1 fully saturated rings. The first-order valence-corrected chi connectivity index (χ1v) is 9.44. The van der Waals surface area contributed by atoms with Crippen molar-refractivity contribution in [3.05, 3.63) is 57.8 Å². The van der Waals surface area contributed by atoms with Crippen LogP contribution in [0.1, 0.15) is 26.8 Å². The number of rotatable bonds is 5. The summed E-state index contributed by atoms with van der Waals surface area (Å²) < 4.78 is 0. The summed E-state index contributed by atoms with van der Waals surface area (Å²) in [7, 11) is 0. The van der Waals surface area contributed by atoms with Crippen molar-refractivity contribution in [2.75, 3.05) is 0 Å². The first-order valence-electron chi connectivity index (χ1n) is 7.52. The fourth-order valence-corrected chi connectivity index (χ4v) is 4.39. The molecule has 1 saturated heterocycles. The van der Waals surface area contributed by atoms with Gasteiger partial charge in [0.15, 0.2) is 0 Å². The second-order valence-corrected chi connectivity index (χ2v) is 7.54. The topological polar surface area (TPSA) is 102 Å². The van der Waals surface area contributed by atoms with Gasteiger partial charge >= 0.3 is 5.97 Å². The number of nitriles is 1. The van der Waals surface area contributed by atoms with Gasteiger partial charge in [0.25, 0.3) is 0 Å². The molecule has 25 heavy (non-hydrogen) atoms. The predicted octanol–water partition coefficient (Wildman–Crippen LogP) is 2.56. The van der Waals surface area contributed by atoms with Gasteiger partial charge in [-0.25, -0.2) is 4.79 Å². The van der Waals surface area contributed by atoms with E-state index in [4.69, 9.17) is 5.11 Å². The summed E-state index contributed by atoms with van der Waals surface area (Å²) >= 11 is 2.95. The summed E-state index contributed by atoms with van der Waals surface area (Å²) in [5.41, 5.74) is 0.744. The van der Waals surface area contributed by atoms with Crippen LogP contribution in [0.4, 0.5) is 0 Å². The average molecular weight is 373 g/mol. The molecule has 1 aromatic carbocycles. The monoisotopic (exact) mass is 373 g/mol. The SMILES string of the molecule is N#CC1C(=O)NC(SCc2cccc(C(=O)O)c2)NC1c1cccs1. The number of hydrogen-bond donors (Lipinski definition) is 3. The minimum absolute atomic E-state index is 0.236. The first kappa shape index (κ1) is 17.5. The van der Waals surface area contributed by atoms with Gasteiger partial charge in [-0.1, -0.05) is 18.2 Å². The van der Waals surface area contributed by atoms with Gasteiger partial charge in [-0.15, -0.1) is 23.1 Å². The molecular weight excluding hydrogens is 358 g/mol. The molecule has 1 aromatic heterocycles. The number of carbonyl (C=O) groups excluding carboxylic acids is 1. The van der Waals surface area contributed by atoms with Crippen molar-refractivity contribution >= 4 is 35.0 Å². The summed E-state index contributed by atoms with van der Waals surface area (Å²) in [6.45, 7) is 0. The van der Waals surface area contributed by atoms with Crippen molar-refractivity contribution in [1.82, 2.24) is 10.6 Å². The minimum Gasteiger partial charge on any atom is -0.478 e. The van der Waals surface area contributed by atoms with Crippen molar-refractivity contribution in [3.8, 4) is 6.07 Å². The Balaban J connectivity index is 1.69. The van der Waals surface area contributed by atoms with Gasteiger partial charge in [-0.05, 0) is 29.1 Å². The molecule has 8 heteroatoms. The van der Waals surface area contributed by atoms with Gasteiger partial charge in [0.2, 0.25) is 5.91 Å². The van der Waals surface area contributed by atoms with Crippen molar-refractivity contribution in [3.63, 3.8) is 0 Å². The lowest BCUT2D eigenvalue weighted by molar-refractivity contribution is -0.126. The van der Waals surface area contributed by atoms with E-state index in [1.165, 1.54) is 23.1 Å². The van der Waals surface area contributed by atoms with E-state index in [0.29, 0.717) is 5.75 Å². The number of carboxylic acid groups (broad SMARTS) is 1. The molecule has 1 aliphatic heterocycles. The van der Waals surface area contributed by atoms with Gasteiger partial charge in [0.1, 0.15) is 11.4 Å². The van der Waals surface area contributed by atoms with E-state index in [1.54, 1.807) is 18.2 Å². The number of carboxylic acids is 1. The number of hydrogen-bond acceptors (Lipinski definition) is 6. The lowest BCUT2D eigenvalue weighted by Gasteiger charge is -2.33. The molecule has 2 heterocycles. The minimum atomic E-state index is -0.967. The van der Waals surface area contributed by atoms with E-state index >= 15 is 0 Å². The Labute approximate surface area is 152 Å². The third kappa shape index (κ3) is 4.02. The second kappa shape index (κ2) is 7.70. The van der Waals surface area contributed by atoms with E-state index in [2.05, 4.69) is 16.7 Å². The second-order valence-electron chi connectivity index (χ2n) is 5.47. The van der Waals surface area contributed by atoms with Gasteiger partial charge in [0.05, 0.1) is 17.7 Å². The highest BCUT2D eigenvalue weighted by Crippen LogP contribution is 2.31. The number of nitrogens with zero attached hydrogens (tertiary/aromatic N) is 1. The summed E-state index contributed by atoms with van der Waals surface area (Å²) in [4.78, 5) is 24.2. The van der Waals surface area contributed by atoms with Crippen molar-refractivity contribution in [2.24, 2.45) is 5.92 Å². The summed E-state index contributed by atoms with van der Waals surface area (Å²) in [5.74, 6) is -1.50. The zero-order chi connectivity index (χ0) is 17.8. The molecule has 3 atom stereocenters. The molecule has 2 aromatic rings. The first-order chi connectivity index (χ1) is 12.1. The van der Waals surface area contributed by atoms with Crippen molar-refractivity contribution < 1.29 is 14.7 Å². The fraction of sp³-hybridized carbons (Fsp3) is 0.235. The molecule has 0 bridgehead atoms. The lowest BCUT2D eigenvalue weighted by Crippen LogP contribution is -2.55. The number of thiophene rings is 1. The number of amides is 1. The maximum atomic E-state index is 12.2. The number of carbonyl (C=O) groups is 2. The molecule has 1 amide bonds. The van der Waals surface area contributed by atoms with Crippen LogP contribution in [0.3, 0.4) is 0 Å². The molecule has 3 rings (SSSR count). The van der Waals surface area contributed by atoms with Crippen molar-refractivity contribution in [2.45, 2.75) is 17.3 Å². The maximum absolute atomic E-state index is 12.2. The Morgan fingerprint density at radius 1 is 1.36 bits per heavy atom. The van der Waals surface area contributed by atoms with Gasteiger partial charge in [-0.3, -0.25) is 10.1 Å². The number of aromatic carboxylic acids is 1. The molecule has 0 radical (unpaired) electrons. The van der Waals surface area contributed by atoms with Crippen LogP contribution in [0.15, 0.2) is 41.8 Å². The van der Waals surface area contributed by atoms with E-state index in [0.717, 1.165) is 10.4 Å². The Morgan fingerprint density at radius 2 is 2.20 bits per heavy atom. The van der Waals surface area contributed by atoms with Crippen LogP contribution in [0.2, 0.25) is 0 Å². The standard InChI is InChI=1S/C17H15N3O3S2/c18-8-12-14(13-5-2-6-24-13)19-17(20-15(12)21)25-9-10-3-1-4-11(7-10)16(22)23/h1-7,12,14,17,19H,9H2,(H,20,21)(H,22,23). The molecule has 3 N–H and O–H groups in total. The van der Waals surface area contributed by atoms with E-state index < -0.39 is 11.9 Å². The molecular formula is C17H15N3O3S2. The summed E-state index contributed by atoms with van der Waals surface area (Å²) in [6, 6.07) is 12.2. The number of thioether (sulfide) groups is 1. The highest BCUT2D eigenvalue weighted by molar-refractivity contribution is 7.99. The number of benzene rings is 1. The summed E-state index contributed by atoms with van der Waals surface area (Å²) in [5, 5.41) is 26.4. The zero-order valence-corrected chi connectivity index (χ0v) is 14.6. The largest absolute Gasteiger partial charge is 0.478 e. The normalized spacial score (nSPS) is 22.8. The Bertz CT molecular complexity index is 817. The van der Waals surface area contributed by atoms with E-state index in [1.807, 2.05) is 23.6 Å². The predicted molar refractivity (Wildman–Crippen MR) is 95.9 cm³/mol. The highest BCUT2D eigenvalue weighted by Gasteiger charge is 2.37. The van der Waals surface area contributed by atoms with E-state index in [-0.39, 0.29) is 23.0 Å². The van der Waals surface area contributed by atoms with Crippen LogP contribution in [0.5, 0.6) is 0 Å². The van der Waals surface area contributed by atoms with Gasteiger partial charge in [-0.2, -0.15) is 5.26 Å². The van der Waals surface area contributed by atoms with Gasteiger partial charge < -0.3 is 10.4 Å². The molecule has 1 aliphatic rings. The summed E-state index contributed by atoms with van der Waals surface area (Å²) in [6.07, 6.45) is 0. The van der Waals surface area contributed by atoms with Crippen LogP contribution >= 0.6 is 23.1 Å². The maximum Gasteiger partial charge on any atom is 0.335 e. The zero-order valence-electron chi connectivity index (χ0n) is 13.0. The highest BCUT2D eigenvalue weighted by atomic mass is 32.2. The van der Waals surface area contributed by atoms with Crippen molar-refractivity contribution in [1.29, 1.82) is 5.26 Å². The lowest BCUT2D eigenvalue weighted by atomic mass is 9.97. The molecule has 3 unspecified atom stereocenters. The molecule has 0 aliphatic carbocycles.